The second-order valence-corrected chi connectivity index (χ2v) is 8.84. The van der Waals surface area contributed by atoms with Gasteiger partial charge in [-0.05, 0) is 43.9 Å². The summed E-state index contributed by atoms with van der Waals surface area (Å²) < 4.78 is 0. The van der Waals surface area contributed by atoms with Crippen molar-refractivity contribution in [3.8, 4) is 0 Å². The van der Waals surface area contributed by atoms with Crippen LogP contribution in [-0.2, 0) is 21.9 Å². The summed E-state index contributed by atoms with van der Waals surface area (Å²) in [6, 6.07) is 17.9. The Hall–Kier alpha value is -2.27. The first-order valence-corrected chi connectivity index (χ1v) is 11.8. The fraction of sp³-hybridized carbons (Fsp3) is 0.440. The van der Waals surface area contributed by atoms with Crippen molar-refractivity contribution in [2.24, 2.45) is 0 Å². The molecule has 0 saturated carbocycles. The van der Waals surface area contributed by atoms with Crippen LogP contribution in [0, 0.1) is 6.92 Å². The van der Waals surface area contributed by atoms with Crippen LogP contribution in [0.4, 0.5) is 0 Å². The number of amides is 2. The van der Waals surface area contributed by atoms with Crippen molar-refractivity contribution < 1.29 is 9.59 Å². The minimum absolute atomic E-state index is 0.0191. The molecule has 30 heavy (non-hydrogen) atoms. The number of rotatable bonds is 11. The van der Waals surface area contributed by atoms with Crippen LogP contribution in [0.1, 0.15) is 50.3 Å². The summed E-state index contributed by atoms with van der Waals surface area (Å²) >= 11 is 1.75. The summed E-state index contributed by atoms with van der Waals surface area (Å²) in [5, 5.41) is 3.02. The lowest BCUT2D eigenvalue weighted by Crippen LogP contribution is -2.49. The van der Waals surface area contributed by atoms with Gasteiger partial charge in [-0.3, -0.25) is 9.59 Å². The molecular formula is C25H34N2O2S. The highest BCUT2D eigenvalue weighted by molar-refractivity contribution is 7.98. The number of hydrogen-bond donors (Lipinski definition) is 1. The van der Waals surface area contributed by atoms with Crippen molar-refractivity contribution in [1.29, 1.82) is 0 Å². The zero-order valence-corrected chi connectivity index (χ0v) is 19.4. The molecule has 0 aromatic heterocycles. The van der Waals surface area contributed by atoms with E-state index in [0.29, 0.717) is 13.0 Å². The van der Waals surface area contributed by atoms with E-state index in [1.807, 2.05) is 70.2 Å². The van der Waals surface area contributed by atoms with Crippen LogP contribution in [0.2, 0.25) is 0 Å². The monoisotopic (exact) mass is 426 g/mol. The Morgan fingerprint density at radius 3 is 2.37 bits per heavy atom. The molecule has 0 saturated heterocycles. The van der Waals surface area contributed by atoms with E-state index >= 15 is 0 Å². The van der Waals surface area contributed by atoms with Gasteiger partial charge in [-0.2, -0.15) is 11.8 Å². The maximum absolute atomic E-state index is 13.1. The van der Waals surface area contributed by atoms with Crippen molar-refractivity contribution in [3.63, 3.8) is 0 Å². The summed E-state index contributed by atoms with van der Waals surface area (Å²) in [6.45, 7) is 8.33. The summed E-state index contributed by atoms with van der Waals surface area (Å²) in [6.07, 6.45) is 1.28. The van der Waals surface area contributed by atoms with Gasteiger partial charge in [0.15, 0.2) is 0 Å². The van der Waals surface area contributed by atoms with Crippen LogP contribution in [0.3, 0.4) is 0 Å². The number of nitrogens with zero attached hydrogens (tertiary/aromatic N) is 1. The average Bonchev–Trinajstić information content (AvgIpc) is 2.76. The summed E-state index contributed by atoms with van der Waals surface area (Å²) in [5.41, 5.74) is 3.46. The van der Waals surface area contributed by atoms with E-state index in [0.717, 1.165) is 29.1 Å². The predicted octanol–water partition coefficient (Wildman–Crippen LogP) is 4.95. The first-order chi connectivity index (χ1) is 14.4. The van der Waals surface area contributed by atoms with E-state index < -0.39 is 6.04 Å². The highest BCUT2D eigenvalue weighted by Gasteiger charge is 2.26. The van der Waals surface area contributed by atoms with Gasteiger partial charge >= 0.3 is 0 Å². The molecule has 0 aliphatic heterocycles. The summed E-state index contributed by atoms with van der Waals surface area (Å²) in [5.74, 6) is 1.54. The van der Waals surface area contributed by atoms with Crippen LogP contribution in [0.15, 0.2) is 54.6 Å². The van der Waals surface area contributed by atoms with Crippen molar-refractivity contribution >= 4 is 23.6 Å². The number of carbonyl (C=O) groups is 2. The van der Waals surface area contributed by atoms with Gasteiger partial charge in [0.2, 0.25) is 11.8 Å². The van der Waals surface area contributed by atoms with Gasteiger partial charge in [0, 0.05) is 30.5 Å². The molecule has 2 rings (SSSR count). The molecule has 162 valence electrons. The molecule has 2 aromatic carbocycles. The molecule has 0 fully saturated rings. The molecule has 0 bridgehead atoms. The molecular weight excluding hydrogens is 392 g/mol. The van der Waals surface area contributed by atoms with Crippen molar-refractivity contribution in [1.82, 2.24) is 10.2 Å². The smallest absolute Gasteiger partial charge is 0.242 e. The quantitative estimate of drug-likeness (QED) is 0.517. The van der Waals surface area contributed by atoms with Crippen molar-refractivity contribution in [2.75, 3.05) is 5.75 Å². The number of aryl methyl sites for hydroxylation is 1. The largest absolute Gasteiger partial charge is 0.352 e. The summed E-state index contributed by atoms with van der Waals surface area (Å²) in [4.78, 5) is 27.6. The van der Waals surface area contributed by atoms with Crippen LogP contribution in [0.5, 0.6) is 0 Å². The first kappa shape index (κ1) is 24.0. The second-order valence-electron chi connectivity index (χ2n) is 7.73. The van der Waals surface area contributed by atoms with Gasteiger partial charge in [-0.1, -0.05) is 61.5 Å². The third-order valence-electron chi connectivity index (χ3n) is 5.34. The van der Waals surface area contributed by atoms with Crippen LogP contribution in [0.25, 0.3) is 0 Å². The summed E-state index contributed by atoms with van der Waals surface area (Å²) in [7, 11) is 0. The second kappa shape index (κ2) is 12.4. The zero-order chi connectivity index (χ0) is 21.9. The van der Waals surface area contributed by atoms with E-state index in [9.17, 15) is 9.59 Å². The van der Waals surface area contributed by atoms with Crippen molar-refractivity contribution in [2.45, 2.75) is 64.9 Å². The van der Waals surface area contributed by atoms with E-state index in [-0.39, 0.29) is 17.9 Å². The van der Waals surface area contributed by atoms with Gasteiger partial charge in [0.25, 0.3) is 0 Å². The van der Waals surface area contributed by atoms with Gasteiger partial charge in [-0.25, -0.2) is 0 Å². The van der Waals surface area contributed by atoms with Crippen LogP contribution >= 0.6 is 11.8 Å². The number of nitrogens with one attached hydrogen (secondary N) is 1. The molecule has 0 radical (unpaired) electrons. The lowest BCUT2D eigenvalue weighted by atomic mass is 10.1. The molecule has 2 amide bonds. The average molecular weight is 427 g/mol. The molecule has 0 aliphatic carbocycles. The molecule has 0 unspecified atom stereocenters. The molecule has 2 aromatic rings. The number of carbonyl (C=O) groups excluding carboxylic acids is 2. The fourth-order valence-electron chi connectivity index (χ4n) is 3.09. The van der Waals surface area contributed by atoms with Gasteiger partial charge < -0.3 is 10.2 Å². The molecule has 4 nitrogen and oxygen atoms in total. The van der Waals surface area contributed by atoms with E-state index in [1.165, 1.54) is 5.56 Å². The van der Waals surface area contributed by atoms with E-state index in [2.05, 4.69) is 17.4 Å². The Bertz CT molecular complexity index is 810. The highest BCUT2D eigenvalue weighted by atomic mass is 32.2. The Morgan fingerprint density at radius 1 is 1.03 bits per heavy atom. The Balaban J connectivity index is 2.02. The van der Waals surface area contributed by atoms with Gasteiger partial charge in [0.1, 0.15) is 6.04 Å². The van der Waals surface area contributed by atoms with E-state index in [4.69, 9.17) is 0 Å². The molecule has 0 spiro atoms. The minimum Gasteiger partial charge on any atom is -0.352 e. The Morgan fingerprint density at radius 2 is 1.70 bits per heavy atom. The maximum atomic E-state index is 13.1. The molecule has 2 atom stereocenters. The topological polar surface area (TPSA) is 49.4 Å². The molecule has 5 heteroatoms. The normalized spacial score (nSPS) is 12.8. The Labute approximate surface area is 185 Å². The predicted molar refractivity (Wildman–Crippen MR) is 126 cm³/mol. The molecule has 0 aliphatic rings. The highest BCUT2D eigenvalue weighted by Crippen LogP contribution is 2.17. The van der Waals surface area contributed by atoms with Crippen LogP contribution in [-0.4, -0.2) is 34.6 Å². The number of thioether (sulfide) groups is 1. The SMILES string of the molecule is CC[C@H](C)NC(=O)[C@H](C)N(Cc1ccccc1C)C(=O)CCSCc1ccccc1. The molecule has 0 heterocycles. The van der Waals surface area contributed by atoms with Crippen LogP contribution < -0.4 is 5.32 Å². The Kier molecular flexibility index (Phi) is 9.95. The maximum Gasteiger partial charge on any atom is 0.242 e. The number of hydrogen-bond acceptors (Lipinski definition) is 3. The lowest BCUT2D eigenvalue weighted by Gasteiger charge is -2.30. The fourth-order valence-corrected chi connectivity index (χ4v) is 3.98. The van der Waals surface area contributed by atoms with E-state index in [1.54, 1.807) is 16.7 Å². The van der Waals surface area contributed by atoms with Gasteiger partial charge in [-0.15, -0.1) is 0 Å². The third-order valence-corrected chi connectivity index (χ3v) is 6.37. The lowest BCUT2D eigenvalue weighted by molar-refractivity contribution is -0.140. The van der Waals surface area contributed by atoms with Crippen molar-refractivity contribution in [3.05, 3.63) is 71.3 Å². The third kappa shape index (κ3) is 7.52. The number of benzene rings is 2. The minimum atomic E-state index is -0.509. The standard InChI is InChI=1S/C25H34N2O2S/c1-5-20(3)26-25(29)21(4)27(17-23-14-10-9-11-19(23)2)24(28)15-16-30-18-22-12-7-6-8-13-22/h6-14,20-21H,5,15-18H2,1-4H3,(H,26,29)/t20-,21-/m0/s1. The first-order valence-electron chi connectivity index (χ1n) is 10.7. The zero-order valence-electron chi connectivity index (χ0n) is 18.6. The van der Waals surface area contributed by atoms with Gasteiger partial charge in [0.05, 0.1) is 0 Å². The molecule has 1 N–H and O–H groups in total.